The average molecular weight is 282 g/mol. The second-order valence-electron chi connectivity index (χ2n) is 4.61. The van der Waals surface area contributed by atoms with Crippen LogP contribution >= 0.6 is 11.3 Å². The largest absolute Gasteiger partial charge is 0.497 e. The summed E-state index contributed by atoms with van der Waals surface area (Å²) in [5.74, 6) is 0.884. The van der Waals surface area contributed by atoms with Crippen molar-refractivity contribution in [2.24, 2.45) is 7.05 Å². The molecule has 3 rings (SSSR count). The average Bonchev–Trinajstić information content (AvgIpc) is 2.99. The second kappa shape index (κ2) is 5.47. The van der Waals surface area contributed by atoms with Crippen LogP contribution in [-0.4, -0.2) is 7.11 Å². The first-order valence-corrected chi connectivity index (χ1v) is 7.34. The van der Waals surface area contributed by atoms with Crippen molar-refractivity contribution in [3.05, 3.63) is 58.4 Å². The van der Waals surface area contributed by atoms with Crippen LogP contribution in [0.5, 0.6) is 5.75 Å². The SMILES string of the molecule is COc1ccc2c(c1)c(/C=C/c1cccs1)cc[n+]2C. The Balaban J connectivity index is 2.12. The maximum atomic E-state index is 5.34. The summed E-state index contributed by atoms with van der Waals surface area (Å²) in [5.41, 5.74) is 2.39. The Kier molecular flexibility index (Phi) is 3.52. The van der Waals surface area contributed by atoms with Crippen molar-refractivity contribution >= 4 is 34.4 Å². The lowest BCUT2D eigenvalue weighted by Gasteiger charge is -2.04. The zero-order chi connectivity index (χ0) is 13.9. The molecule has 0 amide bonds. The van der Waals surface area contributed by atoms with E-state index in [0.717, 1.165) is 5.75 Å². The Morgan fingerprint density at radius 2 is 2.05 bits per heavy atom. The van der Waals surface area contributed by atoms with Crippen molar-refractivity contribution < 1.29 is 9.30 Å². The van der Waals surface area contributed by atoms with Crippen LogP contribution in [0.4, 0.5) is 0 Å². The molecule has 0 unspecified atom stereocenters. The Morgan fingerprint density at radius 3 is 2.80 bits per heavy atom. The standard InChI is InChI=1S/C17H16NOS/c1-18-10-9-13(5-7-15-4-3-11-20-15)16-12-14(19-2)6-8-17(16)18/h3-12H,1-2H3/q+1/b7-5+. The molecule has 0 saturated carbocycles. The van der Waals surface area contributed by atoms with Gasteiger partial charge in [-0.05, 0) is 35.2 Å². The quantitative estimate of drug-likeness (QED) is 0.664. The van der Waals surface area contributed by atoms with Gasteiger partial charge in [0, 0.05) is 17.0 Å². The highest BCUT2D eigenvalue weighted by Gasteiger charge is 2.09. The number of fused-ring (bicyclic) bond motifs is 1. The first-order chi connectivity index (χ1) is 9.78. The summed E-state index contributed by atoms with van der Waals surface area (Å²) in [6.45, 7) is 0. The zero-order valence-corrected chi connectivity index (χ0v) is 12.4. The Bertz CT molecular complexity index is 760. The predicted molar refractivity (Wildman–Crippen MR) is 84.9 cm³/mol. The van der Waals surface area contributed by atoms with E-state index in [4.69, 9.17) is 4.74 Å². The third-order valence-corrected chi connectivity index (χ3v) is 4.18. The van der Waals surface area contributed by atoms with E-state index in [0.29, 0.717) is 0 Å². The number of nitrogens with zero attached hydrogens (tertiary/aromatic N) is 1. The van der Waals surface area contributed by atoms with Gasteiger partial charge < -0.3 is 4.74 Å². The van der Waals surface area contributed by atoms with Gasteiger partial charge >= 0.3 is 0 Å². The number of aromatic nitrogens is 1. The smallest absolute Gasteiger partial charge is 0.213 e. The van der Waals surface area contributed by atoms with Crippen LogP contribution in [-0.2, 0) is 7.05 Å². The molecule has 0 spiro atoms. The molecule has 2 nitrogen and oxygen atoms in total. The number of rotatable bonds is 3. The third-order valence-electron chi connectivity index (χ3n) is 3.34. The maximum Gasteiger partial charge on any atom is 0.213 e. The fourth-order valence-electron chi connectivity index (χ4n) is 2.25. The van der Waals surface area contributed by atoms with Gasteiger partial charge in [0.2, 0.25) is 5.52 Å². The molecule has 100 valence electrons. The van der Waals surface area contributed by atoms with Crippen LogP contribution < -0.4 is 9.30 Å². The predicted octanol–water partition coefficient (Wildman–Crippen LogP) is 3.90. The van der Waals surface area contributed by atoms with E-state index in [1.165, 1.54) is 21.3 Å². The van der Waals surface area contributed by atoms with Gasteiger partial charge in [0.15, 0.2) is 6.20 Å². The minimum absolute atomic E-state index is 0.884. The molecular weight excluding hydrogens is 266 g/mol. The molecule has 3 aromatic rings. The molecule has 3 heteroatoms. The Morgan fingerprint density at radius 1 is 1.15 bits per heavy atom. The summed E-state index contributed by atoms with van der Waals surface area (Å²) in [7, 11) is 3.76. The van der Waals surface area contributed by atoms with Crippen LogP contribution in [0.3, 0.4) is 0 Å². The Hall–Kier alpha value is -2.13. The fraction of sp³-hybridized carbons (Fsp3) is 0.118. The molecule has 0 bridgehead atoms. The highest BCUT2D eigenvalue weighted by molar-refractivity contribution is 7.10. The van der Waals surface area contributed by atoms with Gasteiger partial charge in [0.05, 0.1) is 12.5 Å². The van der Waals surface area contributed by atoms with Crippen molar-refractivity contribution in [3.63, 3.8) is 0 Å². The molecule has 0 N–H and O–H groups in total. The summed E-state index contributed by atoms with van der Waals surface area (Å²) < 4.78 is 7.46. The number of hydrogen-bond acceptors (Lipinski definition) is 2. The van der Waals surface area contributed by atoms with Crippen LogP contribution in [0.15, 0.2) is 48.0 Å². The van der Waals surface area contributed by atoms with E-state index < -0.39 is 0 Å². The van der Waals surface area contributed by atoms with Gasteiger partial charge in [-0.1, -0.05) is 12.1 Å². The summed E-state index contributed by atoms with van der Waals surface area (Å²) >= 11 is 1.74. The lowest BCUT2D eigenvalue weighted by atomic mass is 10.1. The molecule has 1 aromatic carbocycles. The maximum absolute atomic E-state index is 5.34. The van der Waals surface area contributed by atoms with Crippen LogP contribution in [0.2, 0.25) is 0 Å². The fourth-order valence-corrected chi connectivity index (χ4v) is 2.86. The van der Waals surface area contributed by atoms with Crippen molar-refractivity contribution in [3.8, 4) is 5.75 Å². The van der Waals surface area contributed by atoms with Gasteiger partial charge in [0.25, 0.3) is 0 Å². The second-order valence-corrected chi connectivity index (χ2v) is 5.59. The van der Waals surface area contributed by atoms with Crippen LogP contribution in [0, 0.1) is 0 Å². The van der Waals surface area contributed by atoms with Gasteiger partial charge in [-0.2, -0.15) is 0 Å². The van der Waals surface area contributed by atoms with E-state index in [2.05, 4.69) is 65.7 Å². The van der Waals surface area contributed by atoms with Crippen LogP contribution in [0.1, 0.15) is 10.4 Å². The molecule has 2 aromatic heterocycles. The number of pyridine rings is 1. The van der Waals surface area contributed by atoms with E-state index in [1.54, 1.807) is 18.4 Å². The normalized spacial score (nSPS) is 11.3. The summed E-state index contributed by atoms with van der Waals surface area (Å²) in [4.78, 5) is 1.26. The molecular formula is C17H16NOS+. The van der Waals surface area contributed by atoms with Crippen molar-refractivity contribution in [2.45, 2.75) is 0 Å². The van der Waals surface area contributed by atoms with Gasteiger partial charge in [-0.3, -0.25) is 0 Å². The monoisotopic (exact) mass is 282 g/mol. The summed E-state index contributed by atoms with van der Waals surface area (Å²) in [6, 6.07) is 12.5. The molecule has 0 aliphatic rings. The molecule has 0 aliphatic heterocycles. The summed E-state index contributed by atoms with van der Waals surface area (Å²) in [6.07, 6.45) is 6.40. The van der Waals surface area contributed by atoms with Gasteiger partial charge in [0.1, 0.15) is 12.8 Å². The topological polar surface area (TPSA) is 13.1 Å². The first-order valence-electron chi connectivity index (χ1n) is 6.46. The van der Waals surface area contributed by atoms with Crippen molar-refractivity contribution in [1.29, 1.82) is 0 Å². The number of aryl methyl sites for hydroxylation is 1. The molecule has 0 atom stereocenters. The molecule has 0 radical (unpaired) electrons. The van der Waals surface area contributed by atoms with Crippen molar-refractivity contribution in [1.82, 2.24) is 0 Å². The highest BCUT2D eigenvalue weighted by atomic mass is 32.1. The van der Waals surface area contributed by atoms with Crippen LogP contribution in [0.25, 0.3) is 23.1 Å². The van der Waals surface area contributed by atoms with E-state index in [9.17, 15) is 0 Å². The summed E-state index contributed by atoms with van der Waals surface area (Å²) in [5, 5.41) is 3.29. The van der Waals surface area contributed by atoms with Crippen molar-refractivity contribution in [2.75, 3.05) is 7.11 Å². The molecule has 0 saturated heterocycles. The number of thiophene rings is 1. The lowest BCUT2D eigenvalue weighted by molar-refractivity contribution is -0.644. The van der Waals surface area contributed by atoms with E-state index >= 15 is 0 Å². The van der Waals surface area contributed by atoms with E-state index in [-0.39, 0.29) is 0 Å². The molecule has 20 heavy (non-hydrogen) atoms. The number of hydrogen-bond donors (Lipinski definition) is 0. The number of benzene rings is 1. The Labute approximate surface area is 122 Å². The molecule has 2 heterocycles. The van der Waals surface area contributed by atoms with Gasteiger partial charge in [-0.25, -0.2) is 4.57 Å². The number of ether oxygens (including phenoxy) is 1. The minimum atomic E-state index is 0.884. The number of methoxy groups -OCH3 is 1. The zero-order valence-electron chi connectivity index (χ0n) is 11.5. The lowest BCUT2D eigenvalue weighted by Crippen LogP contribution is -2.28. The minimum Gasteiger partial charge on any atom is -0.497 e. The third kappa shape index (κ3) is 2.45. The van der Waals surface area contributed by atoms with E-state index in [1.807, 2.05) is 6.07 Å². The highest BCUT2D eigenvalue weighted by Crippen LogP contribution is 2.23. The van der Waals surface area contributed by atoms with Gasteiger partial charge in [-0.15, -0.1) is 11.3 Å². The molecule has 0 fully saturated rings. The first kappa shape index (κ1) is 12.9. The molecule has 0 aliphatic carbocycles.